The number of nitrogens with zero attached hydrogens (tertiary/aromatic N) is 1. The van der Waals surface area contributed by atoms with Crippen LogP contribution in [-0.2, 0) is 27.2 Å². The number of furan rings is 1. The van der Waals surface area contributed by atoms with Crippen LogP contribution in [0.2, 0.25) is 0 Å². The summed E-state index contributed by atoms with van der Waals surface area (Å²) < 4.78 is 16.8. The molecule has 6 heteroatoms. The number of hydrogen-bond acceptors (Lipinski definition) is 5. The van der Waals surface area contributed by atoms with E-state index in [0.717, 1.165) is 42.4 Å². The summed E-state index contributed by atoms with van der Waals surface area (Å²) in [5, 5.41) is 1.10. The van der Waals surface area contributed by atoms with Crippen molar-refractivity contribution in [2.45, 2.75) is 45.4 Å². The minimum Gasteiger partial charge on any atom is -0.484 e. The number of esters is 1. The Morgan fingerprint density at radius 3 is 2.93 bits per heavy atom. The average Bonchev–Trinajstić information content (AvgIpc) is 3.10. The third-order valence-electron chi connectivity index (χ3n) is 5.68. The van der Waals surface area contributed by atoms with E-state index in [-0.39, 0.29) is 24.4 Å². The summed E-state index contributed by atoms with van der Waals surface area (Å²) in [5.74, 6) is 1.23. The molecule has 1 amide bonds. The third-order valence-corrected chi connectivity index (χ3v) is 5.68. The molecule has 1 aromatic heterocycles. The van der Waals surface area contributed by atoms with Crippen LogP contribution >= 0.6 is 0 Å². The molecule has 2 heterocycles. The van der Waals surface area contributed by atoms with Gasteiger partial charge in [-0.05, 0) is 57.2 Å². The molecule has 0 N–H and O–H groups in total. The number of fused-ring (bicyclic) bond motifs is 3. The quantitative estimate of drug-likeness (QED) is 0.737. The van der Waals surface area contributed by atoms with E-state index in [0.29, 0.717) is 25.4 Å². The number of likely N-dealkylation sites (tertiary alicyclic amines) is 1. The number of carbonyl (C=O) groups is 2. The lowest BCUT2D eigenvalue weighted by atomic mass is 9.96. The number of rotatable bonds is 5. The van der Waals surface area contributed by atoms with E-state index in [1.165, 1.54) is 18.4 Å². The van der Waals surface area contributed by atoms with Gasteiger partial charge in [0.2, 0.25) is 0 Å². The minimum absolute atomic E-state index is 0.0267. The van der Waals surface area contributed by atoms with Crippen LogP contribution in [0.1, 0.15) is 43.9 Å². The number of hydrogen-bond donors (Lipinski definition) is 0. The number of piperidine rings is 1. The van der Waals surface area contributed by atoms with E-state index in [1.54, 1.807) is 11.8 Å². The summed E-state index contributed by atoms with van der Waals surface area (Å²) >= 11 is 0. The van der Waals surface area contributed by atoms with Crippen LogP contribution in [0.3, 0.4) is 0 Å². The highest BCUT2D eigenvalue weighted by Crippen LogP contribution is 2.34. The highest BCUT2D eigenvalue weighted by Gasteiger charge is 2.29. The summed E-state index contributed by atoms with van der Waals surface area (Å²) in [4.78, 5) is 26.2. The van der Waals surface area contributed by atoms with Gasteiger partial charge in [0.05, 0.1) is 12.5 Å². The molecule has 0 radical (unpaired) electrons. The van der Waals surface area contributed by atoms with Crippen LogP contribution in [0.5, 0.6) is 5.75 Å². The predicted molar refractivity (Wildman–Crippen MR) is 104 cm³/mol. The van der Waals surface area contributed by atoms with Crippen LogP contribution in [-0.4, -0.2) is 43.1 Å². The van der Waals surface area contributed by atoms with Crippen LogP contribution in [0.25, 0.3) is 11.0 Å². The lowest BCUT2D eigenvalue weighted by molar-refractivity contribution is -0.151. The number of ether oxygens (including phenoxy) is 2. The standard InChI is InChI=1S/C22H27NO5/c1-2-26-22(25)15-6-5-11-23(13-15)21(24)14-27-16-9-10-20-18(12-16)17-7-3-4-8-19(17)28-20/h9-10,12,15H,2-8,11,13-14H2,1H3. The first-order valence-electron chi connectivity index (χ1n) is 10.3. The van der Waals surface area contributed by atoms with Gasteiger partial charge in [0.15, 0.2) is 6.61 Å². The predicted octanol–water partition coefficient (Wildman–Crippen LogP) is 3.49. The molecule has 0 bridgehead atoms. The summed E-state index contributed by atoms with van der Waals surface area (Å²) in [7, 11) is 0. The van der Waals surface area contributed by atoms with Gasteiger partial charge in [0, 0.05) is 30.5 Å². The maximum atomic E-state index is 12.6. The second-order valence-electron chi connectivity index (χ2n) is 7.59. The lowest BCUT2D eigenvalue weighted by Crippen LogP contribution is -2.44. The van der Waals surface area contributed by atoms with Gasteiger partial charge in [-0.25, -0.2) is 0 Å². The van der Waals surface area contributed by atoms with Gasteiger partial charge in [-0.1, -0.05) is 0 Å². The van der Waals surface area contributed by atoms with Gasteiger partial charge in [0.1, 0.15) is 17.1 Å². The molecule has 0 saturated carbocycles. The average molecular weight is 385 g/mol. The molecule has 1 aliphatic carbocycles. The Hall–Kier alpha value is -2.50. The van der Waals surface area contributed by atoms with Crippen LogP contribution in [0, 0.1) is 5.92 Å². The number of amides is 1. The molecule has 1 saturated heterocycles. The zero-order valence-corrected chi connectivity index (χ0v) is 16.4. The van der Waals surface area contributed by atoms with Crippen molar-refractivity contribution in [1.82, 2.24) is 4.90 Å². The summed E-state index contributed by atoms with van der Waals surface area (Å²) in [6.07, 6.45) is 5.96. The van der Waals surface area contributed by atoms with Gasteiger partial charge < -0.3 is 18.8 Å². The molecule has 150 valence electrons. The Morgan fingerprint density at radius 1 is 1.21 bits per heavy atom. The van der Waals surface area contributed by atoms with Crippen molar-refractivity contribution in [3.8, 4) is 5.75 Å². The number of aryl methyl sites for hydroxylation is 2. The Kier molecular flexibility index (Phi) is 5.55. The molecule has 1 fully saturated rings. The maximum Gasteiger partial charge on any atom is 0.310 e. The van der Waals surface area contributed by atoms with E-state index in [2.05, 4.69) is 0 Å². The summed E-state index contributed by atoms with van der Waals surface area (Å²) in [6.45, 7) is 3.21. The molecular weight excluding hydrogens is 358 g/mol. The smallest absolute Gasteiger partial charge is 0.310 e. The summed E-state index contributed by atoms with van der Waals surface area (Å²) in [6, 6.07) is 5.75. The molecule has 4 rings (SSSR count). The van der Waals surface area contributed by atoms with Crippen molar-refractivity contribution in [2.75, 3.05) is 26.3 Å². The normalized spacial score (nSPS) is 19.3. The molecule has 28 heavy (non-hydrogen) atoms. The zero-order valence-electron chi connectivity index (χ0n) is 16.4. The maximum absolute atomic E-state index is 12.6. The van der Waals surface area contributed by atoms with Gasteiger partial charge in [-0.3, -0.25) is 9.59 Å². The highest BCUT2D eigenvalue weighted by molar-refractivity contribution is 5.84. The van der Waals surface area contributed by atoms with Gasteiger partial charge in [-0.2, -0.15) is 0 Å². The Labute approximate surface area is 164 Å². The molecule has 1 aromatic carbocycles. The Balaban J connectivity index is 1.38. The summed E-state index contributed by atoms with van der Waals surface area (Å²) in [5.41, 5.74) is 2.17. The molecule has 2 aromatic rings. The molecule has 1 aliphatic heterocycles. The number of benzene rings is 1. The zero-order chi connectivity index (χ0) is 19.5. The minimum atomic E-state index is -0.230. The Bertz CT molecular complexity index is 871. The SMILES string of the molecule is CCOC(=O)C1CCCN(C(=O)COc2ccc3oc4c(c3c2)CCCC4)C1. The first-order chi connectivity index (χ1) is 13.7. The van der Waals surface area contributed by atoms with E-state index >= 15 is 0 Å². The van der Waals surface area contributed by atoms with Crippen LogP contribution in [0.4, 0.5) is 0 Å². The molecule has 1 atom stereocenters. The lowest BCUT2D eigenvalue weighted by Gasteiger charge is -2.31. The topological polar surface area (TPSA) is 69.0 Å². The molecule has 6 nitrogen and oxygen atoms in total. The fourth-order valence-corrected chi connectivity index (χ4v) is 4.22. The molecule has 2 aliphatic rings. The second-order valence-corrected chi connectivity index (χ2v) is 7.59. The van der Waals surface area contributed by atoms with E-state index < -0.39 is 0 Å². The van der Waals surface area contributed by atoms with E-state index in [4.69, 9.17) is 13.9 Å². The van der Waals surface area contributed by atoms with Crippen molar-refractivity contribution in [1.29, 1.82) is 0 Å². The molecule has 0 spiro atoms. The monoisotopic (exact) mass is 385 g/mol. The van der Waals surface area contributed by atoms with E-state index in [9.17, 15) is 9.59 Å². The highest BCUT2D eigenvalue weighted by atomic mass is 16.5. The Morgan fingerprint density at radius 2 is 2.07 bits per heavy atom. The molecule has 1 unspecified atom stereocenters. The fraction of sp³-hybridized carbons (Fsp3) is 0.545. The van der Waals surface area contributed by atoms with Crippen molar-refractivity contribution >= 4 is 22.8 Å². The first kappa shape index (κ1) is 18.8. The van der Waals surface area contributed by atoms with Crippen molar-refractivity contribution in [3.63, 3.8) is 0 Å². The second kappa shape index (κ2) is 8.25. The van der Waals surface area contributed by atoms with E-state index in [1.807, 2.05) is 18.2 Å². The van der Waals surface area contributed by atoms with Gasteiger partial charge in [0.25, 0.3) is 5.91 Å². The van der Waals surface area contributed by atoms with Gasteiger partial charge in [-0.15, -0.1) is 0 Å². The number of carbonyl (C=O) groups excluding carboxylic acids is 2. The van der Waals surface area contributed by atoms with Crippen molar-refractivity contribution < 1.29 is 23.5 Å². The third kappa shape index (κ3) is 3.86. The van der Waals surface area contributed by atoms with Gasteiger partial charge >= 0.3 is 5.97 Å². The first-order valence-corrected chi connectivity index (χ1v) is 10.3. The van der Waals surface area contributed by atoms with Crippen molar-refractivity contribution in [2.24, 2.45) is 5.92 Å². The molecular formula is C22H27NO5. The fourth-order valence-electron chi connectivity index (χ4n) is 4.22. The van der Waals surface area contributed by atoms with Crippen molar-refractivity contribution in [3.05, 3.63) is 29.5 Å². The van der Waals surface area contributed by atoms with Crippen LogP contribution in [0.15, 0.2) is 22.6 Å². The van der Waals surface area contributed by atoms with Crippen LogP contribution < -0.4 is 4.74 Å². The largest absolute Gasteiger partial charge is 0.484 e.